The summed E-state index contributed by atoms with van der Waals surface area (Å²) in [6.07, 6.45) is 2.98. The van der Waals surface area contributed by atoms with E-state index in [0.29, 0.717) is 16.5 Å². The number of aromatic amines is 1. The third-order valence-corrected chi connectivity index (χ3v) is 5.53. The summed E-state index contributed by atoms with van der Waals surface area (Å²) >= 11 is 5.90. The number of aromatic nitrogens is 2. The third kappa shape index (κ3) is 4.56. The molecule has 0 unspecified atom stereocenters. The maximum atomic E-state index is 12.4. The van der Waals surface area contributed by atoms with E-state index in [1.807, 2.05) is 12.1 Å². The van der Waals surface area contributed by atoms with E-state index in [-0.39, 0.29) is 4.90 Å². The van der Waals surface area contributed by atoms with E-state index in [4.69, 9.17) is 11.6 Å². The van der Waals surface area contributed by atoms with Gasteiger partial charge in [-0.1, -0.05) is 49.7 Å². The van der Waals surface area contributed by atoms with E-state index in [9.17, 15) is 8.42 Å². The molecule has 0 saturated heterocycles. The average molecular weight is 403 g/mol. The number of halogens is 1. The Morgan fingerprint density at radius 3 is 2.41 bits per heavy atom. The highest BCUT2D eigenvalue weighted by Crippen LogP contribution is 2.22. The number of nitrogens with zero attached hydrogens (tertiary/aromatic N) is 2. The van der Waals surface area contributed by atoms with Crippen LogP contribution in [0.1, 0.15) is 30.9 Å². The first-order valence-electron chi connectivity index (χ1n) is 8.31. The molecule has 0 amide bonds. The number of H-pyrrole nitrogens is 1. The molecule has 0 bridgehead atoms. The van der Waals surface area contributed by atoms with Crippen molar-refractivity contribution in [3.05, 3.63) is 70.9 Å². The highest BCUT2D eigenvalue weighted by Gasteiger charge is 2.13. The van der Waals surface area contributed by atoms with Crippen molar-refractivity contribution in [2.24, 2.45) is 5.10 Å². The van der Waals surface area contributed by atoms with E-state index in [1.54, 1.807) is 42.6 Å². The molecule has 0 aliphatic carbocycles. The normalized spacial score (nSPS) is 12.0. The van der Waals surface area contributed by atoms with Crippen LogP contribution in [-0.2, 0) is 10.0 Å². The Balaban J connectivity index is 1.75. The van der Waals surface area contributed by atoms with Crippen molar-refractivity contribution < 1.29 is 8.42 Å². The van der Waals surface area contributed by atoms with Gasteiger partial charge in [0.25, 0.3) is 10.0 Å². The molecule has 8 heteroatoms. The van der Waals surface area contributed by atoms with Gasteiger partial charge in [-0.25, -0.2) is 4.83 Å². The van der Waals surface area contributed by atoms with Crippen LogP contribution >= 0.6 is 11.6 Å². The van der Waals surface area contributed by atoms with Gasteiger partial charge < -0.3 is 0 Å². The number of rotatable bonds is 6. The molecule has 2 aromatic carbocycles. The molecule has 3 rings (SSSR count). The molecular weight excluding hydrogens is 384 g/mol. The van der Waals surface area contributed by atoms with Gasteiger partial charge in [-0.3, -0.25) is 5.10 Å². The lowest BCUT2D eigenvalue weighted by molar-refractivity contribution is 0.584. The van der Waals surface area contributed by atoms with Crippen molar-refractivity contribution in [1.29, 1.82) is 0 Å². The summed E-state index contributed by atoms with van der Waals surface area (Å²) in [7, 11) is -3.74. The molecule has 1 heterocycles. The van der Waals surface area contributed by atoms with E-state index >= 15 is 0 Å². The van der Waals surface area contributed by atoms with Gasteiger partial charge in [0, 0.05) is 16.1 Å². The zero-order chi connectivity index (χ0) is 19.4. The summed E-state index contributed by atoms with van der Waals surface area (Å²) in [4.78, 5) is 2.39. The number of hydrazone groups is 1. The number of hydrogen-bond acceptors (Lipinski definition) is 4. The fraction of sp³-hybridized carbons (Fsp3) is 0.158. The molecule has 0 fully saturated rings. The number of benzene rings is 2. The second-order valence-corrected chi connectivity index (χ2v) is 8.38. The molecule has 3 aromatic rings. The van der Waals surface area contributed by atoms with Gasteiger partial charge in [0.1, 0.15) is 0 Å². The minimum Gasteiger partial charge on any atom is -0.277 e. The molecule has 6 nitrogen and oxygen atoms in total. The van der Waals surface area contributed by atoms with Crippen LogP contribution in [0.2, 0.25) is 5.02 Å². The van der Waals surface area contributed by atoms with Gasteiger partial charge in [0.15, 0.2) is 0 Å². The van der Waals surface area contributed by atoms with E-state index in [2.05, 4.69) is 34.0 Å². The fourth-order valence-electron chi connectivity index (χ4n) is 2.49. The topological polar surface area (TPSA) is 87.2 Å². The number of nitrogens with one attached hydrogen (secondary N) is 2. The molecular formula is C19H19ClN4O2S. The van der Waals surface area contributed by atoms with Crippen molar-refractivity contribution in [3.63, 3.8) is 0 Å². The molecule has 1 aromatic heterocycles. The van der Waals surface area contributed by atoms with Gasteiger partial charge in [-0.15, -0.1) is 0 Å². The SMILES string of the molecule is CC(C)c1ccc(S(=O)(=O)N/N=C\c2cn[nH]c2-c2ccc(Cl)cc2)cc1. The number of hydrogen-bond donors (Lipinski definition) is 2. The van der Waals surface area contributed by atoms with E-state index in [0.717, 1.165) is 16.8 Å². The Morgan fingerprint density at radius 2 is 1.78 bits per heavy atom. The summed E-state index contributed by atoms with van der Waals surface area (Å²) in [5.41, 5.74) is 3.31. The van der Waals surface area contributed by atoms with Gasteiger partial charge in [-0.05, 0) is 35.7 Å². The maximum Gasteiger partial charge on any atom is 0.276 e. The van der Waals surface area contributed by atoms with Crippen LogP contribution in [0.15, 0.2) is 64.7 Å². The molecule has 140 valence electrons. The molecule has 2 N–H and O–H groups in total. The predicted molar refractivity (Wildman–Crippen MR) is 107 cm³/mol. The summed E-state index contributed by atoms with van der Waals surface area (Å²) < 4.78 is 24.7. The highest BCUT2D eigenvalue weighted by molar-refractivity contribution is 7.89. The molecule has 0 aliphatic rings. The zero-order valence-electron chi connectivity index (χ0n) is 14.8. The quantitative estimate of drug-likeness (QED) is 0.479. The Bertz CT molecular complexity index is 1040. The van der Waals surface area contributed by atoms with E-state index < -0.39 is 10.0 Å². The van der Waals surface area contributed by atoms with Crippen LogP contribution in [0.5, 0.6) is 0 Å². The summed E-state index contributed by atoms with van der Waals surface area (Å²) in [5.74, 6) is 0.333. The average Bonchev–Trinajstić information content (AvgIpc) is 3.11. The van der Waals surface area contributed by atoms with Crippen LogP contribution in [0.25, 0.3) is 11.3 Å². The van der Waals surface area contributed by atoms with Crippen LogP contribution in [-0.4, -0.2) is 24.8 Å². The molecule has 0 spiro atoms. The van der Waals surface area contributed by atoms with Gasteiger partial charge in [-0.2, -0.15) is 18.6 Å². The Kier molecular flexibility index (Phi) is 5.62. The van der Waals surface area contributed by atoms with Crippen molar-refractivity contribution in [2.45, 2.75) is 24.7 Å². The first kappa shape index (κ1) is 19.1. The van der Waals surface area contributed by atoms with Crippen molar-refractivity contribution >= 4 is 27.8 Å². The molecule has 0 aliphatic heterocycles. The van der Waals surface area contributed by atoms with Crippen LogP contribution < -0.4 is 4.83 Å². The Labute approximate surface area is 163 Å². The van der Waals surface area contributed by atoms with Gasteiger partial charge in [0.05, 0.1) is 23.0 Å². The first-order chi connectivity index (χ1) is 12.9. The molecule has 27 heavy (non-hydrogen) atoms. The minimum atomic E-state index is -3.74. The molecule has 0 radical (unpaired) electrons. The second-order valence-electron chi connectivity index (χ2n) is 6.28. The van der Waals surface area contributed by atoms with Gasteiger partial charge >= 0.3 is 0 Å². The van der Waals surface area contributed by atoms with Crippen LogP contribution in [0.3, 0.4) is 0 Å². The Hall–Kier alpha value is -2.64. The molecule has 0 atom stereocenters. The van der Waals surface area contributed by atoms with Crippen LogP contribution in [0, 0.1) is 0 Å². The minimum absolute atomic E-state index is 0.161. The largest absolute Gasteiger partial charge is 0.277 e. The zero-order valence-corrected chi connectivity index (χ0v) is 16.4. The molecule has 0 saturated carbocycles. The van der Waals surface area contributed by atoms with Crippen molar-refractivity contribution in [2.75, 3.05) is 0 Å². The lowest BCUT2D eigenvalue weighted by Crippen LogP contribution is -2.18. The Morgan fingerprint density at radius 1 is 1.11 bits per heavy atom. The lowest BCUT2D eigenvalue weighted by Gasteiger charge is -2.07. The number of sulfonamides is 1. The third-order valence-electron chi connectivity index (χ3n) is 4.04. The van der Waals surface area contributed by atoms with Crippen LogP contribution in [0.4, 0.5) is 0 Å². The summed E-state index contributed by atoms with van der Waals surface area (Å²) in [5, 5.41) is 11.4. The smallest absolute Gasteiger partial charge is 0.276 e. The lowest BCUT2D eigenvalue weighted by atomic mass is 10.0. The summed E-state index contributed by atoms with van der Waals surface area (Å²) in [6.45, 7) is 4.10. The summed E-state index contributed by atoms with van der Waals surface area (Å²) in [6, 6.07) is 14.0. The maximum absolute atomic E-state index is 12.4. The predicted octanol–water partition coefficient (Wildman–Crippen LogP) is 4.17. The second kappa shape index (κ2) is 7.94. The van der Waals surface area contributed by atoms with Crippen molar-refractivity contribution in [3.8, 4) is 11.3 Å². The van der Waals surface area contributed by atoms with Crippen molar-refractivity contribution in [1.82, 2.24) is 15.0 Å². The van der Waals surface area contributed by atoms with Gasteiger partial charge in [0.2, 0.25) is 0 Å². The monoisotopic (exact) mass is 402 g/mol. The first-order valence-corrected chi connectivity index (χ1v) is 10.2. The van der Waals surface area contributed by atoms with E-state index in [1.165, 1.54) is 6.21 Å². The fourth-order valence-corrected chi connectivity index (χ4v) is 3.41. The standard InChI is InChI=1S/C19H19ClN4O2S/c1-13(2)14-5-9-18(10-6-14)27(25,26)24-22-12-16-11-21-23-19(16)15-3-7-17(20)8-4-15/h3-13,24H,1-2H3,(H,21,23)/b22-12-. The highest BCUT2D eigenvalue weighted by atomic mass is 35.5.